The Bertz CT molecular complexity index is 1090. The number of nitrogens with zero attached hydrogens (tertiary/aromatic N) is 1. The van der Waals surface area contributed by atoms with E-state index >= 15 is 0 Å². The van der Waals surface area contributed by atoms with Gasteiger partial charge in [0.2, 0.25) is 6.29 Å². The smallest absolute Gasteiger partial charge is 0.338 e. The monoisotopic (exact) mass is 485 g/mol. The van der Waals surface area contributed by atoms with Gasteiger partial charge in [0.15, 0.2) is 12.2 Å². The number of nitro groups is 1. The van der Waals surface area contributed by atoms with E-state index in [-0.39, 0.29) is 17.0 Å². The number of hydrogen-bond acceptors (Lipinski definition) is 9. The zero-order valence-corrected chi connectivity index (χ0v) is 18.9. The maximum atomic E-state index is 12.9. The molecular weight excluding hydrogens is 458 g/mol. The zero-order chi connectivity index (χ0) is 24.8. The normalized spacial score (nSPS) is 33.3. The molecule has 3 N–H and O–H groups in total. The van der Waals surface area contributed by atoms with Crippen LogP contribution >= 0.6 is 0 Å². The van der Waals surface area contributed by atoms with Gasteiger partial charge in [-0.25, -0.2) is 4.79 Å². The molecule has 1 saturated heterocycles. The summed E-state index contributed by atoms with van der Waals surface area (Å²) < 4.78 is 17.3. The van der Waals surface area contributed by atoms with E-state index in [1.165, 1.54) is 24.3 Å². The number of nitro benzene ring substituents is 1. The summed E-state index contributed by atoms with van der Waals surface area (Å²) in [6.07, 6.45) is -3.08. The SMILES string of the molecule is O=C(O[C@@H]1[C@H](O)[C@H](Oc2ccc([N+](=O)[O-])cc2)O[C@@H]2C(O)C3(CCCCC3)[C@@]21O)c1ccccc1. The predicted molar refractivity (Wildman–Crippen MR) is 121 cm³/mol. The lowest BCUT2D eigenvalue weighted by Gasteiger charge is -2.69. The Morgan fingerprint density at radius 3 is 2.31 bits per heavy atom. The van der Waals surface area contributed by atoms with E-state index in [4.69, 9.17) is 14.2 Å². The van der Waals surface area contributed by atoms with Crippen molar-refractivity contribution in [3.8, 4) is 5.75 Å². The molecule has 3 aliphatic rings. The molecule has 2 aromatic rings. The van der Waals surface area contributed by atoms with Gasteiger partial charge in [-0.2, -0.15) is 0 Å². The molecule has 0 amide bonds. The summed E-state index contributed by atoms with van der Waals surface area (Å²) in [5.74, 6) is -0.565. The first-order valence-electron chi connectivity index (χ1n) is 11.7. The number of rotatable bonds is 5. The zero-order valence-electron chi connectivity index (χ0n) is 18.9. The van der Waals surface area contributed by atoms with Crippen LogP contribution in [-0.4, -0.2) is 62.5 Å². The van der Waals surface area contributed by atoms with Crippen molar-refractivity contribution in [2.75, 3.05) is 0 Å². The molecular formula is C25H27NO9. The lowest BCUT2D eigenvalue weighted by Crippen LogP contribution is -2.87. The average Bonchev–Trinajstić information content (AvgIpc) is 2.89. The van der Waals surface area contributed by atoms with E-state index in [0.717, 1.165) is 19.3 Å². The number of fused-ring (bicyclic) bond motifs is 2. The van der Waals surface area contributed by atoms with Crippen LogP contribution in [0.25, 0.3) is 0 Å². The van der Waals surface area contributed by atoms with Crippen molar-refractivity contribution in [1.29, 1.82) is 0 Å². The third kappa shape index (κ3) is 3.68. The van der Waals surface area contributed by atoms with E-state index in [2.05, 4.69) is 0 Å². The van der Waals surface area contributed by atoms with Gasteiger partial charge in [0.25, 0.3) is 5.69 Å². The van der Waals surface area contributed by atoms with Crippen LogP contribution in [0, 0.1) is 15.5 Å². The molecule has 1 spiro atoms. The van der Waals surface area contributed by atoms with Crippen molar-refractivity contribution >= 4 is 11.7 Å². The first kappa shape index (κ1) is 23.7. The first-order valence-corrected chi connectivity index (χ1v) is 11.7. The van der Waals surface area contributed by atoms with Crippen LogP contribution in [0.2, 0.25) is 0 Å². The van der Waals surface area contributed by atoms with Gasteiger partial charge in [-0.1, -0.05) is 37.5 Å². The Morgan fingerprint density at radius 2 is 1.69 bits per heavy atom. The molecule has 2 aliphatic carbocycles. The standard InChI is InChI=1S/C25H27NO9/c27-18-20(34-22(29)15-7-3-1-4-8-15)25(30)21(19(28)24(25)13-5-2-6-14-24)35-23(18)33-17-11-9-16(10-12-17)26(31)32/h1,3-4,7-12,18-21,23,27-28,30H,2,5-6,13-14H2/t18-,19?,20+,21+,23+,25-/m0/s1. The Hall–Kier alpha value is -3.05. The Morgan fingerprint density at radius 1 is 1.03 bits per heavy atom. The van der Waals surface area contributed by atoms with Crippen molar-refractivity contribution in [1.82, 2.24) is 0 Å². The van der Waals surface area contributed by atoms with E-state index in [9.17, 15) is 30.2 Å². The van der Waals surface area contributed by atoms with Gasteiger partial charge in [0, 0.05) is 17.5 Å². The summed E-state index contributed by atoms with van der Waals surface area (Å²) in [5.41, 5.74) is -2.68. The molecule has 0 radical (unpaired) electrons. The fourth-order valence-corrected chi connectivity index (χ4v) is 5.88. The fourth-order valence-electron chi connectivity index (χ4n) is 5.88. The quantitative estimate of drug-likeness (QED) is 0.330. The van der Waals surface area contributed by atoms with Gasteiger partial charge in [0.05, 0.1) is 16.6 Å². The topological polar surface area (TPSA) is 149 Å². The highest BCUT2D eigenvalue weighted by Gasteiger charge is 2.79. The molecule has 0 aromatic heterocycles. The second-order valence-electron chi connectivity index (χ2n) is 9.46. The Balaban J connectivity index is 1.45. The Labute approximate surface area is 201 Å². The average molecular weight is 485 g/mol. The van der Waals surface area contributed by atoms with Gasteiger partial charge in [-0.05, 0) is 37.1 Å². The molecule has 1 unspecified atom stereocenters. The van der Waals surface area contributed by atoms with E-state index in [0.29, 0.717) is 12.8 Å². The van der Waals surface area contributed by atoms with Crippen LogP contribution < -0.4 is 4.74 Å². The van der Waals surface area contributed by atoms with Crippen LogP contribution in [-0.2, 0) is 9.47 Å². The van der Waals surface area contributed by atoms with Gasteiger partial charge in [-0.15, -0.1) is 0 Å². The summed E-state index contributed by atoms with van der Waals surface area (Å²) in [6.45, 7) is 0. The van der Waals surface area contributed by atoms with Crippen molar-refractivity contribution in [2.45, 2.75) is 68.4 Å². The molecule has 1 aliphatic heterocycles. The van der Waals surface area contributed by atoms with E-state index in [1.807, 2.05) is 0 Å². The summed E-state index contributed by atoms with van der Waals surface area (Å²) in [4.78, 5) is 23.3. The molecule has 10 heteroatoms. The van der Waals surface area contributed by atoms with Gasteiger partial charge in [0.1, 0.15) is 17.5 Å². The van der Waals surface area contributed by atoms with Gasteiger partial charge >= 0.3 is 5.97 Å². The number of aliphatic hydroxyl groups excluding tert-OH is 2. The third-order valence-electron chi connectivity index (χ3n) is 7.68. The van der Waals surface area contributed by atoms with Crippen molar-refractivity contribution in [3.05, 3.63) is 70.3 Å². The van der Waals surface area contributed by atoms with E-state index < -0.39 is 52.6 Å². The molecule has 6 atom stereocenters. The van der Waals surface area contributed by atoms with Crippen LogP contribution in [0.15, 0.2) is 54.6 Å². The van der Waals surface area contributed by atoms with Crippen molar-refractivity contribution in [3.63, 3.8) is 0 Å². The maximum absolute atomic E-state index is 12.9. The largest absolute Gasteiger partial charge is 0.462 e. The molecule has 10 nitrogen and oxygen atoms in total. The lowest BCUT2D eigenvalue weighted by atomic mass is 9.44. The molecule has 3 fully saturated rings. The van der Waals surface area contributed by atoms with Crippen LogP contribution in [0.5, 0.6) is 5.75 Å². The number of carbonyl (C=O) groups is 1. The van der Waals surface area contributed by atoms with Crippen molar-refractivity contribution in [2.24, 2.45) is 5.41 Å². The molecule has 2 saturated carbocycles. The van der Waals surface area contributed by atoms with Crippen LogP contribution in [0.1, 0.15) is 42.5 Å². The molecule has 0 bridgehead atoms. The fraction of sp³-hybridized carbons (Fsp3) is 0.480. The summed E-state index contributed by atoms with van der Waals surface area (Å²) >= 11 is 0. The number of hydrogen-bond donors (Lipinski definition) is 3. The molecule has 2 aromatic carbocycles. The second kappa shape index (κ2) is 8.87. The summed E-state index contributed by atoms with van der Waals surface area (Å²) in [5, 5.41) is 45.2. The second-order valence-corrected chi connectivity index (χ2v) is 9.46. The highest BCUT2D eigenvalue weighted by Crippen LogP contribution is 2.63. The summed E-state index contributed by atoms with van der Waals surface area (Å²) in [7, 11) is 0. The number of aliphatic hydroxyl groups is 3. The minimum absolute atomic E-state index is 0.139. The van der Waals surface area contributed by atoms with Crippen molar-refractivity contribution < 1.29 is 39.2 Å². The highest BCUT2D eigenvalue weighted by atomic mass is 16.7. The minimum Gasteiger partial charge on any atom is -0.462 e. The lowest BCUT2D eigenvalue weighted by molar-refractivity contribution is -0.423. The Kier molecular flexibility index (Phi) is 6.00. The highest BCUT2D eigenvalue weighted by molar-refractivity contribution is 5.89. The third-order valence-corrected chi connectivity index (χ3v) is 7.68. The molecule has 35 heavy (non-hydrogen) atoms. The maximum Gasteiger partial charge on any atom is 0.338 e. The minimum atomic E-state index is -1.81. The van der Waals surface area contributed by atoms with Gasteiger partial charge in [-0.3, -0.25) is 10.1 Å². The number of benzene rings is 2. The number of ether oxygens (including phenoxy) is 3. The molecule has 5 rings (SSSR count). The number of esters is 1. The molecule has 186 valence electrons. The number of non-ortho nitro benzene ring substituents is 1. The van der Waals surface area contributed by atoms with Crippen LogP contribution in [0.3, 0.4) is 0 Å². The predicted octanol–water partition coefficient (Wildman–Crippen LogP) is 2.34. The summed E-state index contributed by atoms with van der Waals surface area (Å²) in [6, 6.07) is 13.4. The molecule has 1 heterocycles. The van der Waals surface area contributed by atoms with Crippen LogP contribution in [0.4, 0.5) is 5.69 Å². The first-order chi connectivity index (χ1) is 16.8. The number of carbonyl (C=O) groups excluding carboxylic acids is 1. The van der Waals surface area contributed by atoms with Gasteiger partial charge < -0.3 is 29.5 Å². The van der Waals surface area contributed by atoms with E-state index in [1.54, 1.807) is 30.3 Å².